The Labute approximate surface area is 166 Å². The van der Waals surface area contributed by atoms with Crippen LogP contribution < -0.4 is 4.74 Å². The van der Waals surface area contributed by atoms with Crippen LogP contribution in [0.25, 0.3) is 0 Å². The van der Waals surface area contributed by atoms with E-state index < -0.39 is 11.6 Å². The number of hydrogen-bond donors (Lipinski definition) is 0. The summed E-state index contributed by atoms with van der Waals surface area (Å²) in [7, 11) is 0. The van der Waals surface area contributed by atoms with E-state index >= 15 is 0 Å². The summed E-state index contributed by atoms with van der Waals surface area (Å²) >= 11 is 0. The summed E-state index contributed by atoms with van der Waals surface area (Å²) in [4.78, 5) is 0. The number of nitriles is 1. The summed E-state index contributed by atoms with van der Waals surface area (Å²) in [6.45, 7) is 2.41. The van der Waals surface area contributed by atoms with E-state index in [4.69, 9.17) is 10.00 Å². The Morgan fingerprint density at radius 1 is 1.00 bits per heavy atom. The number of ether oxygens (including phenoxy) is 1. The Hall–Kier alpha value is -2.41. The van der Waals surface area contributed by atoms with Crippen molar-refractivity contribution in [2.24, 2.45) is 5.92 Å². The van der Waals surface area contributed by atoms with Crippen LogP contribution in [0.15, 0.2) is 36.4 Å². The molecule has 28 heavy (non-hydrogen) atoms. The molecule has 2 aromatic rings. The van der Waals surface area contributed by atoms with E-state index in [1.165, 1.54) is 62.6 Å². The summed E-state index contributed by atoms with van der Waals surface area (Å²) < 4.78 is 33.0. The molecule has 4 heteroatoms. The molecule has 1 fully saturated rings. The van der Waals surface area contributed by atoms with Gasteiger partial charge in [0.1, 0.15) is 12.7 Å². The number of halogens is 2. The minimum Gasteiger partial charge on any atom is -0.486 e. The van der Waals surface area contributed by atoms with Gasteiger partial charge in [-0.3, -0.25) is 0 Å². The fourth-order valence-electron chi connectivity index (χ4n) is 4.05. The van der Waals surface area contributed by atoms with Gasteiger partial charge in [-0.25, -0.2) is 4.39 Å². The molecule has 0 amide bonds. The molecule has 148 valence electrons. The number of rotatable bonds is 7. The second kappa shape index (κ2) is 9.68. The standard InChI is InChI=1S/C24H27F2NO/c1-2-3-4-17-5-9-19(10-6-17)20-11-7-18(8-12-20)16-28-22-14-13-21(15-27)23(25)24(22)26/h7-8,11-14,17,19H,2-6,9-10,16H2,1H3. The molecule has 2 nitrogen and oxygen atoms in total. The van der Waals surface area contributed by atoms with Gasteiger partial charge in [-0.2, -0.15) is 9.65 Å². The maximum absolute atomic E-state index is 13.9. The highest BCUT2D eigenvalue weighted by Crippen LogP contribution is 2.37. The quantitative estimate of drug-likeness (QED) is 0.522. The zero-order valence-corrected chi connectivity index (χ0v) is 16.4. The molecule has 0 spiro atoms. The fourth-order valence-corrected chi connectivity index (χ4v) is 4.05. The van der Waals surface area contributed by atoms with Crippen molar-refractivity contribution >= 4 is 0 Å². The Kier molecular flexibility index (Phi) is 7.03. The van der Waals surface area contributed by atoms with Crippen LogP contribution in [-0.2, 0) is 6.61 Å². The minimum atomic E-state index is -1.16. The maximum atomic E-state index is 13.9. The molecule has 0 unspecified atom stereocenters. The van der Waals surface area contributed by atoms with E-state index in [1.54, 1.807) is 6.07 Å². The van der Waals surface area contributed by atoms with Gasteiger partial charge in [-0.15, -0.1) is 0 Å². The second-order valence-electron chi connectivity index (χ2n) is 7.74. The summed E-state index contributed by atoms with van der Waals surface area (Å²) in [6, 6.07) is 12.4. The predicted molar refractivity (Wildman–Crippen MR) is 106 cm³/mol. The van der Waals surface area contributed by atoms with E-state index in [2.05, 4.69) is 19.1 Å². The zero-order valence-electron chi connectivity index (χ0n) is 16.4. The van der Waals surface area contributed by atoms with Gasteiger partial charge in [0, 0.05) is 0 Å². The number of nitrogens with zero attached hydrogens (tertiary/aromatic N) is 1. The van der Waals surface area contributed by atoms with E-state index in [9.17, 15) is 8.78 Å². The zero-order chi connectivity index (χ0) is 19.9. The van der Waals surface area contributed by atoms with Crippen molar-refractivity contribution in [2.75, 3.05) is 0 Å². The van der Waals surface area contributed by atoms with Crippen LogP contribution in [0.4, 0.5) is 8.78 Å². The fraction of sp³-hybridized carbons (Fsp3) is 0.458. The van der Waals surface area contributed by atoms with Gasteiger partial charge in [0.15, 0.2) is 11.6 Å². The summed E-state index contributed by atoms with van der Waals surface area (Å²) in [5.74, 6) is -0.934. The minimum absolute atomic E-state index is 0.159. The van der Waals surface area contributed by atoms with Crippen LogP contribution in [-0.4, -0.2) is 0 Å². The average molecular weight is 383 g/mol. The van der Waals surface area contributed by atoms with Crippen LogP contribution >= 0.6 is 0 Å². The molecule has 1 aliphatic carbocycles. The summed E-state index contributed by atoms with van der Waals surface area (Å²) in [6.07, 6.45) is 9.13. The molecule has 0 radical (unpaired) electrons. The Morgan fingerprint density at radius 2 is 1.71 bits per heavy atom. The number of hydrogen-bond acceptors (Lipinski definition) is 2. The third kappa shape index (κ3) is 4.90. The highest BCUT2D eigenvalue weighted by Gasteiger charge is 2.22. The normalized spacial score (nSPS) is 19.2. The molecule has 0 bridgehead atoms. The third-order valence-electron chi connectivity index (χ3n) is 5.83. The lowest BCUT2D eigenvalue weighted by atomic mass is 9.77. The largest absolute Gasteiger partial charge is 0.486 e. The first-order valence-corrected chi connectivity index (χ1v) is 10.2. The van der Waals surface area contributed by atoms with E-state index in [1.807, 2.05) is 12.1 Å². The molecule has 3 rings (SSSR count). The molecule has 1 aliphatic rings. The van der Waals surface area contributed by atoms with Crippen LogP contribution in [0.1, 0.15) is 74.5 Å². The molecule has 0 saturated heterocycles. The number of unbranched alkanes of at least 4 members (excludes halogenated alkanes) is 1. The van der Waals surface area contributed by atoms with E-state index in [0.717, 1.165) is 11.5 Å². The van der Waals surface area contributed by atoms with Gasteiger partial charge in [0.05, 0.1) is 5.56 Å². The molecule has 1 saturated carbocycles. The third-order valence-corrected chi connectivity index (χ3v) is 5.83. The van der Waals surface area contributed by atoms with Crippen LogP contribution in [0.2, 0.25) is 0 Å². The van der Waals surface area contributed by atoms with Gasteiger partial charge in [-0.05, 0) is 60.8 Å². The van der Waals surface area contributed by atoms with Crippen molar-refractivity contribution in [2.45, 2.75) is 64.4 Å². The Balaban J connectivity index is 1.54. The van der Waals surface area contributed by atoms with Crippen molar-refractivity contribution in [1.29, 1.82) is 5.26 Å². The van der Waals surface area contributed by atoms with Gasteiger partial charge in [-0.1, -0.05) is 50.5 Å². The first kappa shape index (κ1) is 20.3. The highest BCUT2D eigenvalue weighted by molar-refractivity contribution is 5.38. The van der Waals surface area contributed by atoms with E-state index in [0.29, 0.717) is 5.92 Å². The van der Waals surface area contributed by atoms with Crippen LogP contribution in [0.3, 0.4) is 0 Å². The molecule has 0 atom stereocenters. The van der Waals surface area contributed by atoms with Crippen molar-refractivity contribution in [3.05, 3.63) is 64.7 Å². The predicted octanol–water partition coefficient (Wildman–Crippen LogP) is 6.88. The van der Waals surface area contributed by atoms with Crippen LogP contribution in [0.5, 0.6) is 5.75 Å². The van der Waals surface area contributed by atoms with Crippen molar-refractivity contribution in [3.63, 3.8) is 0 Å². The first-order valence-electron chi connectivity index (χ1n) is 10.2. The second-order valence-corrected chi connectivity index (χ2v) is 7.74. The molecule has 0 heterocycles. The lowest BCUT2D eigenvalue weighted by molar-refractivity contribution is 0.284. The molecular weight excluding hydrogens is 356 g/mol. The molecule has 2 aromatic carbocycles. The van der Waals surface area contributed by atoms with E-state index in [-0.39, 0.29) is 17.9 Å². The lowest BCUT2D eigenvalue weighted by Crippen LogP contribution is -2.13. The first-order chi connectivity index (χ1) is 13.6. The Bertz CT molecular complexity index is 818. The lowest BCUT2D eigenvalue weighted by Gasteiger charge is -2.29. The molecule has 0 aromatic heterocycles. The smallest absolute Gasteiger partial charge is 0.202 e. The van der Waals surface area contributed by atoms with Crippen molar-refractivity contribution < 1.29 is 13.5 Å². The maximum Gasteiger partial charge on any atom is 0.202 e. The SMILES string of the molecule is CCCCC1CCC(c2ccc(COc3ccc(C#N)c(F)c3F)cc2)CC1. The van der Waals surface area contributed by atoms with Crippen molar-refractivity contribution in [1.82, 2.24) is 0 Å². The Morgan fingerprint density at radius 3 is 2.36 bits per heavy atom. The summed E-state index contributed by atoms with van der Waals surface area (Å²) in [5, 5.41) is 8.73. The van der Waals surface area contributed by atoms with Gasteiger partial charge in [0.2, 0.25) is 5.82 Å². The highest BCUT2D eigenvalue weighted by atomic mass is 19.2. The van der Waals surface area contributed by atoms with Gasteiger partial charge >= 0.3 is 0 Å². The van der Waals surface area contributed by atoms with Crippen molar-refractivity contribution in [3.8, 4) is 11.8 Å². The molecular formula is C24H27F2NO. The van der Waals surface area contributed by atoms with Crippen LogP contribution in [0, 0.1) is 28.9 Å². The number of benzene rings is 2. The molecule has 0 N–H and O–H groups in total. The summed E-state index contributed by atoms with van der Waals surface area (Å²) in [5.41, 5.74) is 1.94. The molecule has 0 aliphatic heterocycles. The monoisotopic (exact) mass is 383 g/mol. The topological polar surface area (TPSA) is 33.0 Å². The van der Waals surface area contributed by atoms with Gasteiger partial charge < -0.3 is 4.74 Å². The average Bonchev–Trinajstić information content (AvgIpc) is 2.74. The van der Waals surface area contributed by atoms with Gasteiger partial charge in [0.25, 0.3) is 0 Å².